The van der Waals surface area contributed by atoms with E-state index in [0.29, 0.717) is 31.7 Å². The second-order valence-corrected chi connectivity index (χ2v) is 10.9. The summed E-state index contributed by atoms with van der Waals surface area (Å²) >= 11 is 1.58. The van der Waals surface area contributed by atoms with Gasteiger partial charge in [-0.2, -0.15) is 4.31 Å². The smallest absolute Gasteiger partial charge is 0.254 e. The highest BCUT2D eigenvalue weighted by Crippen LogP contribution is 2.29. The van der Waals surface area contributed by atoms with Crippen molar-refractivity contribution in [2.75, 3.05) is 26.2 Å². The minimum atomic E-state index is -3.43. The average molecular weight is 478 g/mol. The molecule has 6 nitrogen and oxygen atoms in total. The molecule has 0 atom stereocenters. The van der Waals surface area contributed by atoms with Gasteiger partial charge in [-0.3, -0.25) is 4.79 Å². The van der Waals surface area contributed by atoms with E-state index in [2.05, 4.69) is 0 Å². The number of piperazine rings is 1. The van der Waals surface area contributed by atoms with Crippen LogP contribution in [-0.2, 0) is 15.8 Å². The van der Waals surface area contributed by atoms with E-state index in [1.165, 1.54) is 4.31 Å². The van der Waals surface area contributed by atoms with Crippen LogP contribution in [0.1, 0.15) is 15.9 Å². The lowest BCUT2D eigenvalue weighted by Gasteiger charge is -2.34. The lowest BCUT2D eigenvalue weighted by Crippen LogP contribution is -2.50. The number of hydrogen-bond donors (Lipinski definition) is 0. The summed E-state index contributed by atoms with van der Waals surface area (Å²) < 4.78 is 27.2. The second kappa shape index (κ2) is 9.05. The van der Waals surface area contributed by atoms with Crippen molar-refractivity contribution in [1.29, 1.82) is 0 Å². The summed E-state index contributed by atoms with van der Waals surface area (Å²) in [5.41, 5.74) is 2.91. The van der Waals surface area contributed by atoms with E-state index in [4.69, 9.17) is 4.98 Å². The van der Waals surface area contributed by atoms with Crippen LogP contribution in [0.4, 0.5) is 0 Å². The molecule has 2 aromatic heterocycles. The van der Waals surface area contributed by atoms with Crippen molar-refractivity contribution < 1.29 is 13.2 Å². The molecule has 1 aliphatic heterocycles. The molecule has 168 valence electrons. The van der Waals surface area contributed by atoms with Crippen molar-refractivity contribution in [1.82, 2.24) is 14.2 Å². The highest BCUT2D eigenvalue weighted by Gasteiger charge is 2.30. The Morgan fingerprint density at radius 2 is 1.64 bits per heavy atom. The van der Waals surface area contributed by atoms with Gasteiger partial charge in [-0.15, -0.1) is 11.3 Å². The molecule has 0 bridgehead atoms. The number of pyridine rings is 1. The molecule has 0 N–H and O–H groups in total. The van der Waals surface area contributed by atoms with Gasteiger partial charge in [-0.05, 0) is 29.1 Å². The van der Waals surface area contributed by atoms with Crippen LogP contribution in [-0.4, -0.2) is 54.7 Å². The Balaban J connectivity index is 1.36. The summed E-state index contributed by atoms with van der Waals surface area (Å²) in [6.07, 6.45) is 0. The maximum absolute atomic E-state index is 13.5. The van der Waals surface area contributed by atoms with Crippen LogP contribution in [0.5, 0.6) is 0 Å². The number of benzene rings is 2. The van der Waals surface area contributed by atoms with E-state index in [-0.39, 0.29) is 11.7 Å². The number of carbonyl (C=O) groups excluding carboxylic acids is 1. The molecule has 0 spiro atoms. The van der Waals surface area contributed by atoms with Crippen LogP contribution in [0.25, 0.3) is 21.5 Å². The molecule has 8 heteroatoms. The van der Waals surface area contributed by atoms with Crippen molar-refractivity contribution in [3.63, 3.8) is 0 Å². The quantitative estimate of drug-likeness (QED) is 0.431. The molecule has 0 radical (unpaired) electrons. The van der Waals surface area contributed by atoms with Crippen molar-refractivity contribution in [3.05, 3.63) is 89.3 Å². The lowest BCUT2D eigenvalue weighted by atomic mass is 10.1. The van der Waals surface area contributed by atoms with Crippen molar-refractivity contribution in [2.45, 2.75) is 5.75 Å². The number of carbonyl (C=O) groups is 1. The van der Waals surface area contributed by atoms with Gasteiger partial charge in [0.15, 0.2) is 0 Å². The number of nitrogens with zero attached hydrogens (tertiary/aromatic N) is 3. The van der Waals surface area contributed by atoms with Crippen molar-refractivity contribution in [2.24, 2.45) is 0 Å². The average Bonchev–Trinajstić information content (AvgIpc) is 3.38. The Kier molecular flexibility index (Phi) is 5.97. The van der Waals surface area contributed by atoms with E-state index < -0.39 is 10.0 Å². The molecule has 1 saturated heterocycles. The van der Waals surface area contributed by atoms with Gasteiger partial charge in [-0.25, -0.2) is 13.4 Å². The second-order valence-electron chi connectivity index (χ2n) is 7.98. The third-order valence-corrected chi connectivity index (χ3v) is 8.57. The topological polar surface area (TPSA) is 70.6 Å². The molecular formula is C25H23N3O3S2. The minimum absolute atomic E-state index is 0.0268. The molecule has 0 aliphatic carbocycles. The molecule has 4 aromatic rings. The zero-order valence-electron chi connectivity index (χ0n) is 17.9. The molecule has 5 rings (SSSR count). The number of sulfonamides is 1. The van der Waals surface area contributed by atoms with Gasteiger partial charge in [0.25, 0.3) is 5.91 Å². The van der Waals surface area contributed by atoms with Crippen LogP contribution in [0, 0.1) is 0 Å². The highest BCUT2D eigenvalue weighted by molar-refractivity contribution is 7.88. The molecule has 2 aromatic carbocycles. The zero-order valence-corrected chi connectivity index (χ0v) is 19.6. The van der Waals surface area contributed by atoms with Gasteiger partial charge < -0.3 is 4.90 Å². The number of fused-ring (bicyclic) bond motifs is 1. The SMILES string of the molecule is O=C(c1cc(-c2cccs2)nc2ccccc12)N1CCN(S(=O)(=O)Cc2ccccc2)CC1. The minimum Gasteiger partial charge on any atom is -0.336 e. The fourth-order valence-electron chi connectivity index (χ4n) is 4.12. The molecular weight excluding hydrogens is 454 g/mol. The van der Waals surface area contributed by atoms with Gasteiger partial charge >= 0.3 is 0 Å². The first-order valence-corrected chi connectivity index (χ1v) is 13.2. The Hall–Kier alpha value is -3.07. The first-order valence-electron chi connectivity index (χ1n) is 10.8. The van der Waals surface area contributed by atoms with E-state index in [1.807, 2.05) is 78.2 Å². The molecule has 3 heterocycles. The maximum Gasteiger partial charge on any atom is 0.254 e. The number of hydrogen-bond acceptors (Lipinski definition) is 5. The predicted octanol–water partition coefficient (Wildman–Crippen LogP) is 4.25. The third-order valence-electron chi connectivity index (χ3n) is 5.83. The van der Waals surface area contributed by atoms with E-state index >= 15 is 0 Å². The largest absolute Gasteiger partial charge is 0.336 e. The highest BCUT2D eigenvalue weighted by atomic mass is 32.2. The molecule has 1 aliphatic rings. The molecule has 1 fully saturated rings. The number of rotatable bonds is 5. The molecule has 0 unspecified atom stereocenters. The number of amides is 1. The number of thiophene rings is 1. The van der Waals surface area contributed by atoms with Crippen molar-refractivity contribution in [3.8, 4) is 10.6 Å². The summed E-state index contributed by atoms with van der Waals surface area (Å²) in [5, 5.41) is 2.80. The summed E-state index contributed by atoms with van der Waals surface area (Å²) in [7, 11) is -3.43. The van der Waals surface area contributed by atoms with Crippen LogP contribution in [0.15, 0.2) is 78.2 Å². The van der Waals surface area contributed by atoms with Gasteiger partial charge in [0, 0.05) is 31.6 Å². The van der Waals surface area contributed by atoms with Crippen molar-refractivity contribution >= 4 is 38.2 Å². The van der Waals surface area contributed by atoms with E-state index in [1.54, 1.807) is 16.2 Å². The lowest BCUT2D eigenvalue weighted by molar-refractivity contribution is 0.0699. The number of aromatic nitrogens is 1. The Labute approximate surface area is 197 Å². The van der Waals surface area contributed by atoms with E-state index in [0.717, 1.165) is 27.0 Å². The zero-order chi connectivity index (χ0) is 22.8. The molecule has 0 saturated carbocycles. The summed E-state index contributed by atoms with van der Waals surface area (Å²) in [5.74, 6) is -0.118. The van der Waals surface area contributed by atoms with Gasteiger partial charge in [-0.1, -0.05) is 54.6 Å². The normalized spacial score (nSPS) is 15.1. The van der Waals surface area contributed by atoms with Gasteiger partial charge in [0.2, 0.25) is 10.0 Å². The Morgan fingerprint density at radius 3 is 2.36 bits per heavy atom. The fraction of sp³-hybridized carbons (Fsp3) is 0.200. The maximum atomic E-state index is 13.5. The van der Waals surface area contributed by atoms with Crippen LogP contribution >= 0.6 is 11.3 Å². The predicted molar refractivity (Wildman–Crippen MR) is 132 cm³/mol. The van der Waals surface area contributed by atoms with Gasteiger partial charge in [0.1, 0.15) is 0 Å². The number of para-hydroxylation sites is 1. The fourth-order valence-corrected chi connectivity index (χ4v) is 6.32. The van der Waals surface area contributed by atoms with Crippen LogP contribution < -0.4 is 0 Å². The first kappa shape index (κ1) is 21.8. The van der Waals surface area contributed by atoms with Gasteiger partial charge in [0.05, 0.1) is 27.4 Å². The first-order chi connectivity index (χ1) is 16.0. The standard InChI is InChI=1S/C25H23N3O3S2/c29-25(21-17-23(24-11-6-16-32-24)26-22-10-5-4-9-20(21)22)27-12-14-28(15-13-27)33(30,31)18-19-7-2-1-3-8-19/h1-11,16-17H,12-15,18H2. The summed E-state index contributed by atoms with van der Waals surface area (Å²) in [6.45, 7) is 1.30. The summed E-state index contributed by atoms with van der Waals surface area (Å²) in [4.78, 5) is 21.0. The molecule has 33 heavy (non-hydrogen) atoms. The monoisotopic (exact) mass is 477 g/mol. The Bertz CT molecular complexity index is 1380. The van der Waals surface area contributed by atoms with E-state index in [9.17, 15) is 13.2 Å². The third kappa shape index (κ3) is 4.55. The van der Waals surface area contributed by atoms with Crippen LogP contribution in [0.3, 0.4) is 0 Å². The summed E-state index contributed by atoms with van der Waals surface area (Å²) in [6, 6.07) is 22.6. The molecule has 1 amide bonds. The van der Waals surface area contributed by atoms with Crippen LogP contribution in [0.2, 0.25) is 0 Å². The Morgan fingerprint density at radius 1 is 0.909 bits per heavy atom.